The van der Waals surface area contributed by atoms with Gasteiger partial charge in [-0.05, 0) is 5.56 Å². The summed E-state index contributed by atoms with van der Waals surface area (Å²) in [5.74, 6) is -0.143. The summed E-state index contributed by atoms with van der Waals surface area (Å²) < 4.78 is 0. The lowest BCUT2D eigenvalue weighted by atomic mass is 10.1. The first kappa shape index (κ1) is 14.5. The number of carbonyl (C=O) groups excluding carboxylic acids is 2. The summed E-state index contributed by atoms with van der Waals surface area (Å²) in [5, 5.41) is 2.64. The van der Waals surface area contributed by atoms with Crippen molar-refractivity contribution in [3.63, 3.8) is 0 Å². The summed E-state index contributed by atoms with van der Waals surface area (Å²) in [7, 11) is 1.61. The molecule has 1 aromatic rings. The third kappa shape index (κ3) is 3.36. The molecule has 0 bridgehead atoms. The maximum absolute atomic E-state index is 11.9. The second-order valence-corrected chi connectivity index (χ2v) is 5.06. The Hall–Kier alpha value is -1.88. The Labute approximate surface area is 119 Å². The molecule has 2 amide bonds. The fourth-order valence-corrected chi connectivity index (χ4v) is 2.59. The van der Waals surface area contributed by atoms with Crippen molar-refractivity contribution in [3.05, 3.63) is 35.9 Å². The van der Waals surface area contributed by atoms with Crippen LogP contribution in [0.3, 0.4) is 0 Å². The van der Waals surface area contributed by atoms with Crippen LogP contribution in [0.1, 0.15) is 12.5 Å². The van der Waals surface area contributed by atoms with Crippen molar-refractivity contribution in [2.45, 2.75) is 19.5 Å². The molecule has 5 nitrogen and oxygen atoms in total. The van der Waals surface area contributed by atoms with Gasteiger partial charge in [-0.3, -0.25) is 14.5 Å². The van der Waals surface area contributed by atoms with Crippen molar-refractivity contribution in [2.24, 2.45) is 0 Å². The molecule has 20 heavy (non-hydrogen) atoms. The van der Waals surface area contributed by atoms with Crippen molar-refractivity contribution < 1.29 is 9.59 Å². The van der Waals surface area contributed by atoms with Gasteiger partial charge < -0.3 is 10.2 Å². The Bertz CT molecular complexity index is 475. The third-order valence-electron chi connectivity index (χ3n) is 3.67. The second kappa shape index (κ2) is 6.52. The number of benzene rings is 1. The summed E-state index contributed by atoms with van der Waals surface area (Å²) >= 11 is 0. The molecule has 1 heterocycles. The van der Waals surface area contributed by atoms with Crippen molar-refractivity contribution in [1.82, 2.24) is 15.1 Å². The van der Waals surface area contributed by atoms with E-state index in [0.717, 1.165) is 13.1 Å². The van der Waals surface area contributed by atoms with Crippen LogP contribution < -0.4 is 5.32 Å². The Morgan fingerprint density at radius 1 is 1.25 bits per heavy atom. The monoisotopic (exact) mass is 275 g/mol. The number of hydrogen-bond acceptors (Lipinski definition) is 3. The molecule has 5 heteroatoms. The summed E-state index contributed by atoms with van der Waals surface area (Å²) in [6.07, 6.45) is 0. The standard InChI is InChI=1S/C15H21N3O2/c1-12(19)18-9-8-17(11-14(18)15(20)16-2)10-13-6-4-3-5-7-13/h3-7,14H,8-11H2,1-2H3,(H,16,20)/t14-/m1/s1. The lowest BCUT2D eigenvalue weighted by Crippen LogP contribution is -2.59. The quantitative estimate of drug-likeness (QED) is 0.872. The minimum atomic E-state index is -0.394. The van der Waals surface area contributed by atoms with Crippen molar-refractivity contribution in [1.29, 1.82) is 0 Å². The van der Waals surface area contributed by atoms with Crippen LogP contribution in [0.2, 0.25) is 0 Å². The van der Waals surface area contributed by atoms with E-state index in [1.54, 1.807) is 11.9 Å². The molecule has 1 aliphatic heterocycles. The zero-order valence-electron chi connectivity index (χ0n) is 12.0. The molecule has 0 spiro atoms. The SMILES string of the molecule is CNC(=O)[C@H]1CN(Cc2ccccc2)CCN1C(C)=O. The largest absolute Gasteiger partial charge is 0.357 e. The zero-order valence-corrected chi connectivity index (χ0v) is 12.0. The molecule has 2 rings (SSSR count). The van der Waals surface area contributed by atoms with Gasteiger partial charge in [0.1, 0.15) is 6.04 Å². The Kier molecular flexibility index (Phi) is 4.74. The highest BCUT2D eigenvalue weighted by Gasteiger charge is 2.33. The predicted molar refractivity (Wildman–Crippen MR) is 77.0 cm³/mol. The fourth-order valence-electron chi connectivity index (χ4n) is 2.59. The molecule has 0 unspecified atom stereocenters. The summed E-state index contributed by atoms with van der Waals surface area (Å²) in [4.78, 5) is 27.4. The number of piperazine rings is 1. The molecule has 108 valence electrons. The van der Waals surface area contributed by atoms with Gasteiger partial charge in [-0.25, -0.2) is 0 Å². The fraction of sp³-hybridized carbons (Fsp3) is 0.467. The van der Waals surface area contributed by atoms with Gasteiger partial charge in [0.05, 0.1) is 0 Å². The number of hydrogen-bond donors (Lipinski definition) is 1. The maximum Gasteiger partial charge on any atom is 0.243 e. The highest BCUT2D eigenvalue weighted by Crippen LogP contribution is 2.13. The first-order valence-electron chi connectivity index (χ1n) is 6.87. The lowest BCUT2D eigenvalue weighted by Gasteiger charge is -2.40. The van der Waals surface area contributed by atoms with Crippen LogP contribution in [-0.4, -0.2) is 54.3 Å². The molecule has 1 aliphatic rings. The zero-order chi connectivity index (χ0) is 14.5. The van der Waals surface area contributed by atoms with Gasteiger partial charge in [0.2, 0.25) is 11.8 Å². The predicted octanol–water partition coefficient (Wildman–Crippen LogP) is 0.465. The second-order valence-electron chi connectivity index (χ2n) is 5.06. The molecule has 1 N–H and O–H groups in total. The van der Waals surface area contributed by atoms with Crippen molar-refractivity contribution in [2.75, 3.05) is 26.7 Å². The van der Waals surface area contributed by atoms with E-state index in [1.807, 2.05) is 18.2 Å². The number of likely N-dealkylation sites (N-methyl/N-ethyl adjacent to an activating group) is 1. The minimum absolute atomic E-state index is 0.0436. The van der Waals surface area contributed by atoms with Gasteiger partial charge in [0.15, 0.2) is 0 Å². The molecule has 0 radical (unpaired) electrons. The number of rotatable bonds is 3. The summed E-state index contributed by atoms with van der Waals surface area (Å²) in [5.41, 5.74) is 1.22. The van der Waals surface area contributed by atoms with E-state index < -0.39 is 6.04 Å². The van der Waals surface area contributed by atoms with Crippen LogP contribution >= 0.6 is 0 Å². The third-order valence-corrected chi connectivity index (χ3v) is 3.67. The van der Waals surface area contributed by atoms with E-state index in [2.05, 4.69) is 22.3 Å². The van der Waals surface area contributed by atoms with E-state index in [4.69, 9.17) is 0 Å². The first-order chi connectivity index (χ1) is 9.61. The molecule has 0 saturated carbocycles. The number of nitrogens with one attached hydrogen (secondary N) is 1. The number of carbonyl (C=O) groups is 2. The maximum atomic E-state index is 11.9. The first-order valence-corrected chi connectivity index (χ1v) is 6.87. The molecule has 1 aromatic carbocycles. The average Bonchev–Trinajstić information content (AvgIpc) is 2.47. The highest BCUT2D eigenvalue weighted by atomic mass is 16.2. The van der Waals surface area contributed by atoms with Crippen LogP contribution in [0, 0.1) is 0 Å². The minimum Gasteiger partial charge on any atom is -0.357 e. The lowest BCUT2D eigenvalue weighted by molar-refractivity contribution is -0.142. The Morgan fingerprint density at radius 2 is 1.95 bits per heavy atom. The van der Waals surface area contributed by atoms with Crippen molar-refractivity contribution >= 4 is 11.8 Å². The Morgan fingerprint density at radius 3 is 2.55 bits per heavy atom. The van der Waals surface area contributed by atoms with E-state index in [-0.39, 0.29) is 11.8 Å². The Balaban J connectivity index is 2.05. The van der Waals surface area contributed by atoms with Crippen LogP contribution in [0.15, 0.2) is 30.3 Å². The summed E-state index contributed by atoms with van der Waals surface area (Å²) in [6, 6.07) is 9.77. The van der Waals surface area contributed by atoms with E-state index in [1.165, 1.54) is 12.5 Å². The van der Waals surface area contributed by atoms with Gasteiger partial charge in [-0.1, -0.05) is 30.3 Å². The highest BCUT2D eigenvalue weighted by molar-refractivity contribution is 5.87. The number of amides is 2. The average molecular weight is 275 g/mol. The van der Waals surface area contributed by atoms with Gasteiger partial charge >= 0.3 is 0 Å². The molecule has 1 atom stereocenters. The molecule has 0 aliphatic carbocycles. The van der Waals surface area contributed by atoms with E-state index in [0.29, 0.717) is 13.1 Å². The van der Waals surface area contributed by atoms with Gasteiger partial charge in [0.25, 0.3) is 0 Å². The van der Waals surface area contributed by atoms with Crippen LogP contribution in [0.5, 0.6) is 0 Å². The summed E-state index contributed by atoms with van der Waals surface area (Å²) in [6.45, 7) is 4.29. The van der Waals surface area contributed by atoms with Gasteiger partial charge in [-0.15, -0.1) is 0 Å². The molecular formula is C15H21N3O2. The van der Waals surface area contributed by atoms with Gasteiger partial charge in [-0.2, -0.15) is 0 Å². The van der Waals surface area contributed by atoms with E-state index in [9.17, 15) is 9.59 Å². The molecular weight excluding hydrogens is 254 g/mol. The molecule has 1 saturated heterocycles. The molecule has 0 aromatic heterocycles. The smallest absolute Gasteiger partial charge is 0.243 e. The molecule has 1 fully saturated rings. The van der Waals surface area contributed by atoms with Gasteiger partial charge in [0, 0.05) is 40.2 Å². The normalized spacial score (nSPS) is 19.7. The van der Waals surface area contributed by atoms with E-state index >= 15 is 0 Å². The van der Waals surface area contributed by atoms with Crippen molar-refractivity contribution in [3.8, 4) is 0 Å². The van der Waals surface area contributed by atoms with Crippen LogP contribution in [0.25, 0.3) is 0 Å². The topological polar surface area (TPSA) is 52.7 Å². The van der Waals surface area contributed by atoms with Crippen LogP contribution in [-0.2, 0) is 16.1 Å². The van der Waals surface area contributed by atoms with Crippen LogP contribution in [0.4, 0.5) is 0 Å². The number of nitrogens with zero attached hydrogens (tertiary/aromatic N) is 2.